The Balaban J connectivity index is 1.56. The van der Waals surface area contributed by atoms with Crippen LogP contribution in [0.3, 0.4) is 0 Å². The number of carbonyl (C=O) groups is 1. The van der Waals surface area contributed by atoms with Gasteiger partial charge in [-0.3, -0.25) is 4.79 Å². The van der Waals surface area contributed by atoms with Crippen LogP contribution in [0.1, 0.15) is 30.7 Å². The van der Waals surface area contributed by atoms with E-state index in [1.54, 1.807) is 18.4 Å². The van der Waals surface area contributed by atoms with Gasteiger partial charge in [0.25, 0.3) is 0 Å². The molecule has 3 aromatic rings. The molecule has 0 unspecified atom stereocenters. The lowest BCUT2D eigenvalue weighted by atomic mass is 10.1. The van der Waals surface area contributed by atoms with Crippen LogP contribution in [-0.2, 0) is 24.2 Å². The molecule has 29 heavy (non-hydrogen) atoms. The predicted molar refractivity (Wildman–Crippen MR) is 117 cm³/mol. The van der Waals surface area contributed by atoms with Crippen molar-refractivity contribution in [1.82, 2.24) is 10.3 Å². The van der Waals surface area contributed by atoms with Crippen molar-refractivity contribution in [2.75, 3.05) is 13.7 Å². The molecule has 3 rings (SSSR count). The molecule has 1 amide bonds. The van der Waals surface area contributed by atoms with Crippen LogP contribution >= 0.6 is 11.3 Å². The molecule has 2 aromatic carbocycles. The van der Waals surface area contributed by atoms with Gasteiger partial charge in [-0.2, -0.15) is 0 Å². The van der Waals surface area contributed by atoms with Gasteiger partial charge >= 0.3 is 0 Å². The lowest BCUT2D eigenvalue weighted by molar-refractivity contribution is -0.120. The molecule has 0 atom stereocenters. The number of amides is 1. The van der Waals surface area contributed by atoms with E-state index in [0.29, 0.717) is 24.7 Å². The van der Waals surface area contributed by atoms with E-state index in [-0.39, 0.29) is 12.3 Å². The van der Waals surface area contributed by atoms with Crippen LogP contribution in [-0.4, -0.2) is 24.6 Å². The Hall–Kier alpha value is -2.86. The summed E-state index contributed by atoms with van der Waals surface area (Å²) in [5.41, 5.74) is 4.12. The minimum Gasteiger partial charge on any atom is -0.493 e. The number of rotatable bonds is 9. The first-order valence-electron chi connectivity index (χ1n) is 9.73. The fraction of sp³-hybridized carbons (Fsp3) is 0.304. The Morgan fingerprint density at radius 3 is 2.52 bits per heavy atom. The molecule has 0 fully saturated rings. The molecule has 1 aromatic heterocycles. The van der Waals surface area contributed by atoms with E-state index < -0.39 is 0 Å². The smallest absolute Gasteiger partial charge is 0.226 e. The van der Waals surface area contributed by atoms with Crippen LogP contribution in [0, 0.1) is 0 Å². The molecular weight excluding hydrogens is 384 g/mol. The van der Waals surface area contributed by atoms with Crippen molar-refractivity contribution >= 4 is 17.2 Å². The second-order valence-corrected chi connectivity index (χ2v) is 7.42. The van der Waals surface area contributed by atoms with E-state index in [9.17, 15) is 4.79 Å². The first-order valence-corrected chi connectivity index (χ1v) is 10.6. The number of aromatic nitrogens is 1. The average molecular weight is 411 g/mol. The van der Waals surface area contributed by atoms with E-state index >= 15 is 0 Å². The summed E-state index contributed by atoms with van der Waals surface area (Å²) in [6.45, 7) is 5.07. The summed E-state index contributed by atoms with van der Waals surface area (Å²) in [6, 6.07) is 14.1. The van der Waals surface area contributed by atoms with Crippen molar-refractivity contribution < 1.29 is 14.3 Å². The topological polar surface area (TPSA) is 60.5 Å². The summed E-state index contributed by atoms with van der Waals surface area (Å²) in [7, 11) is 1.61. The van der Waals surface area contributed by atoms with E-state index in [1.165, 1.54) is 5.56 Å². The summed E-state index contributed by atoms with van der Waals surface area (Å²) in [5.74, 6) is 1.31. The SMILES string of the molecule is CCOc1ccc(CNC(=O)Cc2csc(-c3ccc(CC)cc3)n2)cc1OC. The van der Waals surface area contributed by atoms with Gasteiger partial charge in [-0.1, -0.05) is 37.3 Å². The molecule has 0 radical (unpaired) electrons. The highest BCUT2D eigenvalue weighted by Crippen LogP contribution is 2.28. The second-order valence-electron chi connectivity index (χ2n) is 6.57. The highest BCUT2D eigenvalue weighted by Gasteiger charge is 2.10. The van der Waals surface area contributed by atoms with Gasteiger partial charge in [0, 0.05) is 17.5 Å². The summed E-state index contributed by atoms with van der Waals surface area (Å²) in [5, 5.41) is 5.83. The normalized spacial score (nSPS) is 10.6. The van der Waals surface area contributed by atoms with Crippen molar-refractivity contribution in [2.24, 2.45) is 0 Å². The van der Waals surface area contributed by atoms with Crippen LogP contribution in [0.15, 0.2) is 47.8 Å². The minimum absolute atomic E-state index is 0.0592. The highest BCUT2D eigenvalue weighted by atomic mass is 32.1. The molecule has 1 heterocycles. The quantitative estimate of drug-likeness (QED) is 0.558. The van der Waals surface area contributed by atoms with Crippen LogP contribution in [0.5, 0.6) is 11.5 Å². The number of hydrogen-bond donors (Lipinski definition) is 1. The maximum absolute atomic E-state index is 12.3. The van der Waals surface area contributed by atoms with Gasteiger partial charge in [0.1, 0.15) is 5.01 Å². The van der Waals surface area contributed by atoms with Gasteiger partial charge < -0.3 is 14.8 Å². The summed E-state index contributed by atoms with van der Waals surface area (Å²) in [4.78, 5) is 16.9. The maximum Gasteiger partial charge on any atom is 0.226 e. The molecule has 0 aliphatic heterocycles. The standard InChI is InChI=1S/C23H26N2O3S/c1-4-16-6-9-18(10-7-16)23-25-19(15-29-23)13-22(26)24-14-17-8-11-20(28-5-2)21(12-17)27-3/h6-12,15H,4-5,13-14H2,1-3H3,(H,24,26). The number of aryl methyl sites for hydroxylation is 1. The van der Waals surface area contributed by atoms with E-state index in [0.717, 1.165) is 28.2 Å². The number of ether oxygens (including phenoxy) is 2. The zero-order chi connectivity index (χ0) is 20.6. The molecule has 0 saturated heterocycles. The molecular formula is C23H26N2O3S. The first kappa shape index (κ1) is 20.9. The van der Waals surface area contributed by atoms with Crippen LogP contribution in [0.25, 0.3) is 10.6 Å². The van der Waals surface area contributed by atoms with Gasteiger partial charge in [-0.25, -0.2) is 4.98 Å². The number of benzene rings is 2. The van der Waals surface area contributed by atoms with Crippen LogP contribution < -0.4 is 14.8 Å². The summed E-state index contributed by atoms with van der Waals surface area (Å²) in [6.07, 6.45) is 1.28. The number of carbonyl (C=O) groups excluding carboxylic acids is 1. The van der Waals surface area contributed by atoms with Crippen molar-refractivity contribution in [3.63, 3.8) is 0 Å². The fourth-order valence-electron chi connectivity index (χ4n) is 2.93. The Bertz CT molecular complexity index is 951. The zero-order valence-electron chi connectivity index (χ0n) is 17.0. The van der Waals surface area contributed by atoms with Gasteiger partial charge in [-0.15, -0.1) is 11.3 Å². The van der Waals surface area contributed by atoms with Crippen LogP contribution in [0.4, 0.5) is 0 Å². The largest absolute Gasteiger partial charge is 0.493 e. The zero-order valence-corrected chi connectivity index (χ0v) is 17.8. The fourth-order valence-corrected chi connectivity index (χ4v) is 3.75. The van der Waals surface area contributed by atoms with E-state index in [2.05, 4.69) is 41.5 Å². The highest BCUT2D eigenvalue weighted by molar-refractivity contribution is 7.13. The molecule has 0 spiro atoms. The van der Waals surface area contributed by atoms with E-state index in [4.69, 9.17) is 9.47 Å². The van der Waals surface area contributed by atoms with Gasteiger partial charge in [-0.05, 0) is 36.6 Å². The summed E-state index contributed by atoms with van der Waals surface area (Å²) < 4.78 is 10.9. The van der Waals surface area contributed by atoms with Crippen molar-refractivity contribution in [1.29, 1.82) is 0 Å². The molecule has 0 bridgehead atoms. The Kier molecular flexibility index (Phi) is 7.25. The van der Waals surface area contributed by atoms with Gasteiger partial charge in [0.05, 0.1) is 25.8 Å². The molecule has 0 aliphatic rings. The van der Waals surface area contributed by atoms with Crippen molar-refractivity contribution in [2.45, 2.75) is 33.2 Å². The minimum atomic E-state index is -0.0592. The maximum atomic E-state index is 12.3. The molecule has 6 heteroatoms. The Labute approximate surface area is 175 Å². The third kappa shape index (κ3) is 5.57. The predicted octanol–water partition coefficient (Wildman–Crippen LogP) is 4.64. The monoisotopic (exact) mass is 410 g/mol. The van der Waals surface area contributed by atoms with Gasteiger partial charge in [0.2, 0.25) is 5.91 Å². The van der Waals surface area contributed by atoms with Crippen LogP contribution in [0.2, 0.25) is 0 Å². The number of hydrogen-bond acceptors (Lipinski definition) is 5. The molecule has 152 valence electrons. The number of nitrogens with zero attached hydrogens (tertiary/aromatic N) is 1. The Morgan fingerprint density at radius 1 is 1.07 bits per heavy atom. The second kappa shape index (κ2) is 10.1. The Morgan fingerprint density at radius 2 is 1.83 bits per heavy atom. The lowest BCUT2D eigenvalue weighted by Gasteiger charge is -2.11. The summed E-state index contributed by atoms with van der Waals surface area (Å²) >= 11 is 1.56. The molecule has 1 N–H and O–H groups in total. The van der Waals surface area contributed by atoms with Crippen molar-refractivity contribution in [3.8, 4) is 22.1 Å². The third-order valence-corrected chi connectivity index (χ3v) is 5.46. The first-order chi connectivity index (χ1) is 14.1. The number of thiazole rings is 1. The molecule has 5 nitrogen and oxygen atoms in total. The third-order valence-electron chi connectivity index (χ3n) is 4.52. The molecule has 0 saturated carbocycles. The number of nitrogens with one attached hydrogen (secondary N) is 1. The molecule has 0 aliphatic carbocycles. The average Bonchev–Trinajstić information content (AvgIpc) is 3.21. The lowest BCUT2D eigenvalue weighted by Crippen LogP contribution is -2.24. The van der Waals surface area contributed by atoms with E-state index in [1.807, 2.05) is 30.5 Å². The van der Waals surface area contributed by atoms with Gasteiger partial charge in [0.15, 0.2) is 11.5 Å². The number of methoxy groups -OCH3 is 1. The van der Waals surface area contributed by atoms with Crippen molar-refractivity contribution in [3.05, 3.63) is 64.7 Å².